The van der Waals surface area contributed by atoms with Crippen LogP contribution < -0.4 is 4.90 Å². The third-order valence-corrected chi connectivity index (χ3v) is 3.69. The van der Waals surface area contributed by atoms with E-state index in [1.807, 2.05) is 6.07 Å². The molecule has 4 nitrogen and oxygen atoms in total. The lowest BCUT2D eigenvalue weighted by atomic mass is 10.2. The van der Waals surface area contributed by atoms with Crippen LogP contribution in [-0.4, -0.2) is 42.8 Å². The second-order valence-corrected chi connectivity index (χ2v) is 4.90. The lowest BCUT2D eigenvalue weighted by molar-refractivity contribution is -0.127. The number of carbonyl (C=O) groups excluding carboxylic acids is 2. The Kier molecular flexibility index (Phi) is 2.78. The summed E-state index contributed by atoms with van der Waals surface area (Å²) in [6.45, 7) is 2.78. The molecule has 4 heteroatoms. The summed E-state index contributed by atoms with van der Waals surface area (Å²) in [5.74, 6) is 0.0225. The van der Waals surface area contributed by atoms with Crippen molar-refractivity contribution in [3.05, 3.63) is 29.8 Å². The maximum absolute atomic E-state index is 11.5. The monoisotopic (exact) mass is 244 g/mol. The van der Waals surface area contributed by atoms with Gasteiger partial charge in [-0.25, -0.2) is 0 Å². The zero-order valence-corrected chi connectivity index (χ0v) is 10.3. The number of hydrogen-bond acceptors (Lipinski definition) is 3. The lowest BCUT2D eigenvalue weighted by Gasteiger charge is -2.23. The van der Waals surface area contributed by atoms with Gasteiger partial charge in [-0.3, -0.25) is 9.59 Å². The fourth-order valence-corrected chi connectivity index (χ4v) is 2.72. The second kappa shape index (κ2) is 4.44. The summed E-state index contributed by atoms with van der Waals surface area (Å²) in [5.41, 5.74) is 2.65. The molecule has 0 atom stereocenters. The molecule has 0 saturated carbocycles. The summed E-state index contributed by atoms with van der Waals surface area (Å²) in [4.78, 5) is 26.7. The van der Waals surface area contributed by atoms with Gasteiger partial charge in [0.2, 0.25) is 5.91 Å². The highest BCUT2D eigenvalue weighted by atomic mass is 16.2. The molecular weight excluding hydrogens is 228 g/mol. The highest BCUT2D eigenvalue weighted by Gasteiger charge is 2.28. The van der Waals surface area contributed by atoms with E-state index < -0.39 is 0 Å². The van der Waals surface area contributed by atoms with E-state index in [9.17, 15) is 9.59 Å². The number of para-hydroxylation sites is 1. The number of Topliss-reactive ketones (excluding diaryl/α,β-unsaturated/α-hetero) is 1. The van der Waals surface area contributed by atoms with Crippen molar-refractivity contribution in [2.45, 2.75) is 12.8 Å². The zero-order chi connectivity index (χ0) is 12.5. The van der Waals surface area contributed by atoms with Gasteiger partial charge >= 0.3 is 0 Å². The Morgan fingerprint density at radius 2 is 1.83 bits per heavy atom. The molecule has 3 rings (SSSR count). The van der Waals surface area contributed by atoms with Gasteiger partial charge in [0.05, 0.1) is 13.0 Å². The van der Waals surface area contributed by atoms with E-state index in [1.165, 1.54) is 11.3 Å². The molecule has 94 valence electrons. The lowest BCUT2D eigenvalue weighted by Crippen LogP contribution is -2.35. The van der Waals surface area contributed by atoms with E-state index in [1.54, 1.807) is 4.90 Å². The second-order valence-electron chi connectivity index (χ2n) is 4.90. The van der Waals surface area contributed by atoms with Crippen molar-refractivity contribution in [1.82, 2.24) is 4.90 Å². The zero-order valence-electron chi connectivity index (χ0n) is 10.3. The maximum Gasteiger partial charge on any atom is 0.230 e. The van der Waals surface area contributed by atoms with Crippen LogP contribution in [0.1, 0.15) is 12.0 Å². The predicted molar refractivity (Wildman–Crippen MR) is 68.6 cm³/mol. The fourth-order valence-electron chi connectivity index (χ4n) is 2.72. The van der Waals surface area contributed by atoms with Crippen molar-refractivity contribution in [2.75, 3.05) is 31.1 Å². The number of rotatable bonds is 3. The van der Waals surface area contributed by atoms with Crippen LogP contribution in [0.15, 0.2) is 24.3 Å². The Morgan fingerprint density at radius 3 is 2.61 bits per heavy atom. The predicted octanol–water partition coefficient (Wildman–Crippen LogP) is 0.850. The maximum atomic E-state index is 11.5. The summed E-state index contributed by atoms with van der Waals surface area (Å²) >= 11 is 0. The smallest absolute Gasteiger partial charge is 0.230 e. The van der Waals surface area contributed by atoms with Gasteiger partial charge in [0.15, 0.2) is 5.78 Å². The van der Waals surface area contributed by atoms with E-state index in [0.29, 0.717) is 13.1 Å². The van der Waals surface area contributed by atoms with Crippen LogP contribution in [0.25, 0.3) is 0 Å². The molecule has 0 aromatic heterocycles. The van der Waals surface area contributed by atoms with Crippen LogP contribution >= 0.6 is 0 Å². The van der Waals surface area contributed by atoms with Gasteiger partial charge in [-0.1, -0.05) is 18.2 Å². The molecule has 0 spiro atoms. The third-order valence-electron chi connectivity index (χ3n) is 3.69. The number of benzene rings is 1. The van der Waals surface area contributed by atoms with Crippen molar-refractivity contribution in [3.63, 3.8) is 0 Å². The molecule has 1 fully saturated rings. The molecule has 2 aliphatic heterocycles. The summed E-state index contributed by atoms with van der Waals surface area (Å²) in [6.07, 6.45) is 1.17. The van der Waals surface area contributed by atoms with E-state index in [2.05, 4.69) is 23.1 Å². The molecule has 18 heavy (non-hydrogen) atoms. The first-order chi connectivity index (χ1) is 8.74. The molecule has 1 aromatic carbocycles. The number of anilines is 1. The van der Waals surface area contributed by atoms with Crippen molar-refractivity contribution in [1.29, 1.82) is 0 Å². The standard InChI is InChI=1S/C14H16N2O2/c17-12-9-14(18)16(10-12)8-7-15-6-5-11-3-1-2-4-13(11)15/h1-4H,5-10H2. The highest BCUT2D eigenvalue weighted by Crippen LogP contribution is 2.27. The van der Waals surface area contributed by atoms with E-state index in [0.717, 1.165) is 19.5 Å². The van der Waals surface area contributed by atoms with E-state index in [4.69, 9.17) is 0 Å². The number of carbonyl (C=O) groups is 2. The number of likely N-dealkylation sites (tertiary alicyclic amines) is 1. The molecule has 1 aromatic rings. The Bertz CT molecular complexity index is 498. The average Bonchev–Trinajstić information content (AvgIpc) is 2.90. The van der Waals surface area contributed by atoms with Gasteiger partial charge in [0, 0.05) is 25.3 Å². The topological polar surface area (TPSA) is 40.6 Å². The van der Waals surface area contributed by atoms with Crippen molar-refractivity contribution in [3.8, 4) is 0 Å². The van der Waals surface area contributed by atoms with Crippen molar-refractivity contribution in [2.24, 2.45) is 0 Å². The van der Waals surface area contributed by atoms with Crippen LogP contribution in [-0.2, 0) is 16.0 Å². The first kappa shape index (κ1) is 11.3. The Balaban J connectivity index is 1.62. The molecule has 0 N–H and O–H groups in total. The molecule has 0 aliphatic carbocycles. The summed E-state index contributed by atoms with van der Waals surface area (Å²) < 4.78 is 0. The largest absolute Gasteiger partial charge is 0.369 e. The summed E-state index contributed by atoms with van der Waals surface area (Å²) in [5, 5.41) is 0. The van der Waals surface area contributed by atoms with Crippen molar-refractivity contribution < 1.29 is 9.59 Å². The molecule has 2 aliphatic rings. The normalized spacial score (nSPS) is 18.7. The Labute approximate surface area is 106 Å². The van der Waals surface area contributed by atoms with Crippen LogP contribution in [0.5, 0.6) is 0 Å². The molecule has 0 bridgehead atoms. The van der Waals surface area contributed by atoms with Gasteiger partial charge in [-0.2, -0.15) is 0 Å². The number of amides is 1. The molecule has 0 radical (unpaired) electrons. The first-order valence-corrected chi connectivity index (χ1v) is 6.36. The van der Waals surface area contributed by atoms with Crippen LogP contribution in [0.3, 0.4) is 0 Å². The van der Waals surface area contributed by atoms with Gasteiger partial charge in [-0.05, 0) is 18.1 Å². The van der Waals surface area contributed by atoms with Crippen LogP contribution in [0.4, 0.5) is 5.69 Å². The molecule has 1 amide bonds. The number of ketones is 1. The molecule has 2 heterocycles. The SMILES string of the molecule is O=C1CC(=O)N(CCN2CCc3ccccc32)C1. The summed E-state index contributed by atoms with van der Waals surface area (Å²) in [6, 6.07) is 8.38. The minimum atomic E-state index is -0.0208. The average molecular weight is 244 g/mol. The van der Waals surface area contributed by atoms with Crippen LogP contribution in [0, 0.1) is 0 Å². The summed E-state index contributed by atoms with van der Waals surface area (Å²) in [7, 11) is 0. The Morgan fingerprint density at radius 1 is 1.06 bits per heavy atom. The minimum Gasteiger partial charge on any atom is -0.369 e. The van der Waals surface area contributed by atoms with E-state index >= 15 is 0 Å². The quantitative estimate of drug-likeness (QED) is 0.740. The minimum absolute atomic E-state index is 0.0208. The third kappa shape index (κ3) is 1.98. The van der Waals surface area contributed by atoms with Crippen molar-refractivity contribution >= 4 is 17.4 Å². The fraction of sp³-hybridized carbons (Fsp3) is 0.429. The number of fused-ring (bicyclic) bond motifs is 1. The van der Waals surface area contributed by atoms with E-state index in [-0.39, 0.29) is 18.1 Å². The molecular formula is C14H16N2O2. The van der Waals surface area contributed by atoms with Crippen LogP contribution in [0.2, 0.25) is 0 Å². The molecule has 0 unspecified atom stereocenters. The van der Waals surface area contributed by atoms with Gasteiger partial charge in [0.25, 0.3) is 0 Å². The van der Waals surface area contributed by atoms with Gasteiger partial charge in [-0.15, -0.1) is 0 Å². The number of nitrogens with zero attached hydrogens (tertiary/aromatic N) is 2. The number of hydrogen-bond donors (Lipinski definition) is 0. The van der Waals surface area contributed by atoms with Gasteiger partial charge < -0.3 is 9.80 Å². The first-order valence-electron chi connectivity index (χ1n) is 6.36. The molecule has 1 saturated heterocycles. The Hall–Kier alpha value is -1.84. The highest BCUT2D eigenvalue weighted by molar-refractivity contribution is 6.05. The van der Waals surface area contributed by atoms with Gasteiger partial charge in [0.1, 0.15) is 0 Å².